The number of aryl methyl sites for hydroxylation is 1. The van der Waals surface area contributed by atoms with Crippen LogP contribution in [0.2, 0.25) is 0 Å². The summed E-state index contributed by atoms with van der Waals surface area (Å²) in [6, 6.07) is 17.4. The minimum absolute atomic E-state index is 0.0749. The maximum atomic E-state index is 14.3. The number of rotatable bonds is 9. The van der Waals surface area contributed by atoms with Crippen LogP contribution in [-0.4, -0.2) is 34.5 Å². The fraction of sp³-hybridized carbons (Fsp3) is 0.462. The topological polar surface area (TPSA) is 44.4 Å². The summed E-state index contributed by atoms with van der Waals surface area (Å²) >= 11 is 5.66. The van der Waals surface area contributed by atoms with Crippen molar-refractivity contribution in [3.63, 3.8) is 0 Å². The maximum absolute atomic E-state index is 14.3. The summed E-state index contributed by atoms with van der Waals surface area (Å²) in [6.07, 6.45) is 7.42. The van der Waals surface area contributed by atoms with Crippen molar-refractivity contribution in [2.24, 2.45) is 0 Å². The number of hydrogen-bond acceptors (Lipinski definition) is 2. The molecule has 0 aliphatic heterocycles. The zero-order valence-electron chi connectivity index (χ0n) is 18.9. The van der Waals surface area contributed by atoms with Crippen molar-refractivity contribution in [2.45, 2.75) is 70.5 Å². The molecule has 0 aromatic heterocycles. The number of thiocarbonyl (C=S) groups is 1. The van der Waals surface area contributed by atoms with Gasteiger partial charge in [0.25, 0.3) is 0 Å². The number of amides is 1. The van der Waals surface area contributed by atoms with Gasteiger partial charge in [-0.05, 0) is 56.5 Å². The number of halogens is 1. The molecule has 0 radical (unpaired) electrons. The number of carbonyl (C=O) groups excluding carboxylic acids is 1. The van der Waals surface area contributed by atoms with E-state index in [1.807, 2.05) is 31.2 Å². The molecule has 4 nitrogen and oxygen atoms in total. The second kappa shape index (κ2) is 12.5. The SMILES string of the molecule is CC(CCc1ccccc1)NC(=O)CNC(=S)N(Cc1ccccc1F)C1CCCCC1. The van der Waals surface area contributed by atoms with E-state index < -0.39 is 0 Å². The molecular weight excluding hydrogens is 421 g/mol. The Morgan fingerprint density at radius 1 is 1.09 bits per heavy atom. The molecule has 1 atom stereocenters. The molecule has 1 fully saturated rings. The number of nitrogens with one attached hydrogen (secondary N) is 2. The third kappa shape index (κ3) is 7.59. The lowest BCUT2D eigenvalue weighted by Gasteiger charge is -2.36. The van der Waals surface area contributed by atoms with E-state index in [2.05, 4.69) is 27.7 Å². The van der Waals surface area contributed by atoms with Gasteiger partial charge in [0.05, 0.1) is 6.54 Å². The lowest BCUT2D eigenvalue weighted by atomic mass is 9.94. The van der Waals surface area contributed by atoms with Gasteiger partial charge in [-0.25, -0.2) is 4.39 Å². The van der Waals surface area contributed by atoms with Gasteiger partial charge in [-0.2, -0.15) is 0 Å². The van der Waals surface area contributed by atoms with Gasteiger partial charge in [0.15, 0.2) is 5.11 Å². The molecule has 0 heterocycles. The Morgan fingerprint density at radius 2 is 1.78 bits per heavy atom. The Bertz CT molecular complexity index is 870. The van der Waals surface area contributed by atoms with E-state index >= 15 is 0 Å². The molecule has 172 valence electrons. The summed E-state index contributed by atoms with van der Waals surface area (Å²) in [5.41, 5.74) is 1.89. The fourth-order valence-corrected chi connectivity index (χ4v) is 4.54. The molecule has 1 aliphatic rings. The minimum atomic E-state index is -0.221. The number of benzene rings is 2. The van der Waals surface area contributed by atoms with Gasteiger partial charge in [-0.3, -0.25) is 4.79 Å². The predicted octanol–water partition coefficient (Wildman–Crippen LogP) is 4.97. The normalized spacial score (nSPS) is 15.1. The molecule has 2 aromatic carbocycles. The average molecular weight is 456 g/mol. The molecule has 1 unspecified atom stereocenters. The second-order valence-electron chi connectivity index (χ2n) is 8.66. The minimum Gasteiger partial charge on any atom is -0.353 e. The first-order valence-corrected chi connectivity index (χ1v) is 12.0. The molecule has 1 amide bonds. The van der Waals surface area contributed by atoms with E-state index in [1.165, 1.54) is 18.1 Å². The highest BCUT2D eigenvalue weighted by molar-refractivity contribution is 7.80. The third-order valence-electron chi connectivity index (χ3n) is 6.09. The first-order chi connectivity index (χ1) is 15.5. The van der Waals surface area contributed by atoms with Crippen LogP contribution in [0.3, 0.4) is 0 Å². The lowest BCUT2D eigenvalue weighted by molar-refractivity contribution is -0.120. The van der Waals surface area contributed by atoms with Crippen LogP contribution >= 0.6 is 12.2 Å². The molecule has 2 N–H and O–H groups in total. The van der Waals surface area contributed by atoms with E-state index in [0.29, 0.717) is 17.2 Å². The van der Waals surface area contributed by atoms with E-state index in [1.54, 1.807) is 12.1 Å². The monoisotopic (exact) mass is 455 g/mol. The quantitative estimate of drug-likeness (QED) is 0.524. The van der Waals surface area contributed by atoms with Crippen molar-refractivity contribution in [1.82, 2.24) is 15.5 Å². The van der Waals surface area contributed by atoms with Crippen molar-refractivity contribution < 1.29 is 9.18 Å². The van der Waals surface area contributed by atoms with Crippen LogP contribution in [0.5, 0.6) is 0 Å². The van der Waals surface area contributed by atoms with Crippen LogP contribution in [0, 0.1) is 5.82 Å². The molecule has 2 aromatic rings. The van der Waals surface area contributed by atoms with E-state index in [-0.39, 0.29) is 30.4 Å². The highest BCUT2D eigenvalue weighted by Crippen LogP contribution is 2.25. The highest BCUT2D eigenvalue weighted by Gasteiger charge is 2.24. The molecule has 32 heavy (non-hydrogen) atoms. The van der Waals surface area contributed by atoms with E-state index in [4.69, 9.17) is 12.2 Å². The number of nitrogens with zero attached hydrogens (tertiary/aromatic N) is 1. The van der Waals surface area contributed by atoms with Gasteiger partial charge < -0.3 is 15.5 Å². The van der Waals surface area contributed by atoms with Gasteiger partial charge in [-0.1, -0.05) is 67.8 Å². The van der Waals surface area contributed by atoms with Gasteiger partial charge in [-0.15, -0.1) is 0 Å². The van der Waals surface area contributed by atoms with Gasteiger partial charge in [0, 0.05) is 24.2 Å². The van der Waals surface area contributed by atoms with Crippen molar-refractivity contribution in [1.29, 1.82) is 0 Å². The first-order valence-electron chi connectivity index (χ1n) is 11.6. The average Bonchev–Trinajstić information content (AvgIpc) is 2.82. The summed E-state index contributed by atoms with van der Waals surface area (Å²) in [6.45, 7) is 2.55. The first kappa shape index (κ1) is 24.2. The number of carbonyl (C=O) groups is 1. The van der Waals surface area contributed by atoms with E-state index in [9.17, 15) is 9.18 Å². The summed E-state index contributed by atoms with van der Waals surface area (Å²) in [5.74, 6) is -0.302. The van der Waals surface area contributed by atoms with Gasteiger partial charge in [0.1, 0.15) is 5.82 Å². The molecule has 0 spiro atoms. The Balaban J connectivity index is 1.51. The van der Waals surface area contributed by atoms with Crippen LogP contribution < -0.4 is 10.6 Å². The molecule has 0 bridgehead atoms. The Kier molecular flexibility index (Phi) is 9.47. The standard InChI is InChI=1S/C26H34FN3OS/c1-20(16-17-21-10-4-2-5-11-21)29-25(31)18-28-26(32)30(23-13-6-3-7-14-23)19-22-12-8-9-15-24(22)27/h2,4-5,8-12,15,20,23H,3,6-7,13-14,16-19H2,1H3,(H,28,32)(H,29,31). The van der Waals surface area contributed by atoms with Crippen LogP contribution in [-0.2, 0) is 17.8 Å². The van der Waals surface area contributed by atoms with Gasteiger partial charge in [0.2, 0.25) is 5.91 Å². The second-order valence-corrected chi connectivity index (χ2v) is 9.05. The van der Waals surface area contributed by atoms with Crippen LogP contribution in [0.1, 0.15) is 56.6 Å². The third-order valence-corrected chi connectivity index (χ3v) is 6.47. The lowest BCUT2D eigenvalue weighted by Crippen LogP contribution is -2.49. The number of hydrogen-bond donors (Lipinski definition) is 2. The zero-order chi connectivity index (χ0) is 22.8. The van der Waals surface area contributed by atoms with Crippen molar-refractivity contribution in [2.75, 3.05) is 6.54 Å². The summed E-state index contributed by atoms with van der Waals surface area (Å²) < 4.78 is 14.3. The molecular formula is C26H34FN3OS. The Labute approximate surface area is 196 Å². The molecule has 6 heteroatoms. The van der Waals surface area contributed by atoms with Crippen LogP contribution in [0.25, 0.3) is 0 Å². The molecule has 1 saturated carbocycles. The van der Waals surface area contributed by atoms with Gasteiger partial charge >= 0.3 is 0 Å². The molecule has 0 saturated heterocycles. The Morgan fingerprint density at radius 3 is 2.50 bits per heavy atom. The Hall–Kier alpha value is -2.47. The van der Waals surface area contributed by atoms with Crippen molar-refractivity contribution >= 4 is 23.2 Å². The van der Waals surface area contributed by atoms with Crippen LogP contribution in [0.15, 0.2) is 54.6 Å². The summed E-state index contributed by atoms with van der Waals surface area (Å²) in [4.78, 5) is 14.5. The molecule has 3 rings (SSSR count). The summed E-state index contributed by atoms with van der Waals surface area (Å²) in [7, 11) is 0. The fourth-order valence-electron chi connectivity index (χ4n) is 4.25. The smallest absolute Gasteiger partial charge is 0.239 e. The summed E-state index contributed by atoms with van der Waals surface area (Å²) in [5, 5.41) is 6.69. The van der Waals surface area contributed by atoms with Crippen molar-refractivity contribution in [3.8, 4) is 0 Å². The highest BCUT2D eigenvalue weighted by atomic mass is 32.1. The van der Waals surface area contributed by atoms with Crippen molar-refractivity contribution in [3.05, 3.63) is 71.5 Å². The largest absolute Gasteiger partial charge is 0.353 e. The van der Waals surface area contributed by atoms with Crippen LogP contribution in [0.4, 0.5) is 4.39 Å². The molecule has 1 aliphatic carbocycles. The maximum Gasteiger partial charge on any atom is 0.239 e. The van der Waals surface area contributed by atoms with E-state index in [0.717, 1.165) is 38.5 Å². The predicted molar refractivity (Wildman–Crippen MR) is 132 cm³/mol. The zero-order valence-corrected chi connectivity index (χ0v) is 19.7.